The lowest BCUT2D eigenvalue weighted by Crippen LogP contribution is -2.42. The van der Waals surface area contributed by atoms with Gasteiger partial charge in [0.2, 0.25) is 0 Å². The second-order valence-corrected chi connectivity index (χ2v) is 10.1. The number of piperidine rings is 1. The van der Waals surface area contributed by atoms with Gasteiger partial charge in [0.05, 0.1) is 5.69 Å². The number of carbonyl (C=O) groups is 1. The first kappa shape index (κ1) is 20.9. The van der Waals surface area contributed by atoms with Crippen molar-refractivity contribution in [1.29, 1.82) is 0 Å². The molecule has 0 bridgehead atoms. The molecular weight excluding hydrogens is 376 g/mol. The van der Waals surface area contributed by atoms with Crippen molar-refractivity contribution in [1.82, 2.24) is 19.7 Å². The van der Waals surface area contributed by atoms with Crippen LogP contribution in [0.25, 0.3) is 11.1 Å². The first-order valence-electron chi connectivity index (χ1n) is 11.1. The number of hydrogen-bond donors (Lipinski definition) is 0. The second-order valence-electron chi connectivity index (χ2n) is 10.1. The standard InChI is InChI=1S/C24H34N4O2/c1-17-21(16-27(5)26-17)18-6-8-20(25-15-18)9-7-19-14-24(19)10-12-28(13-11-24)22(29)30-23(2,3)4/h6,8,15-16,19H,7,9-14H2,1-5H3. The predicted octanol–water partition coefficient (Wildman–Crippen LogP) is 4.76. The number of aromatic nitrogens is 3. The lowest BCUT2D eigenvalue weighted by atomic mass is 9.89. The van der Waals surface area contributed by atoms with Crippen molar-refractivity contribution in [2.24, 2.45) is 18.4 Å². The van der Waals surface area contributed by atoms with Crippen molar-refractivity contribution in [2.45, 2.75) is 65.4 Å². The Hall–Kier alpha value is -2.37. The van der Waals surface area contributed by atoms with Gasteiger partial charge in [0, 0.05) is 49.4 Å². The molecule has 6 nitrogen and oxygen atoms in total. The van der Waals surface area contributed by atoms with Gasteiger partial charge in [-0.15, -0.1) is 0 Å². The molecular formula is C24H34N4O2. The summed E-state index contributed by atoms with van der Waals surface area (Å²) in [4.78, 5) is 18.9. The Labute approximate surface area is 179 Å². The number of carbonyl (C=O) groups excluding carboxylic acids is 1. The number of pyridine rings is 1. The summed E-state index contributed by atoms with van der Waals surface area (Å²) in [5, 5.41) is 4.42. The van der Waals surface area contributed by atoms with E-state index in [1.807, 2.05) is 56.7 Å². The Morgan fingerprint density at radius 3 is 2.57 bits per heavy atom. The topological polar surface area (TPSA) is 60.2 Å². The summed E-state index contributed by atoms with van der Waals surface area (Å²) in [5.41, 5.74) is 4.49. The van der Waals surface area contributed by atoms with Gasteiger partial charge in [0.1, 0.15) is 5.60 Å². The van der Waals surface area contributed by atoms with E-state index in [1.54, 1.807) is 0 Å². The van der Waals surface area contributed by atoms with Crippen molar-refractivity contribution in [3.63, 3.8) is 0 Å². The molecule has 2 aromatic rings. The molecule has 0 radical (unpaired) electrons. The number of hydrogen-bond acceptors (Lipinski definition) is 4. The molecule has 162 valence electrons. The maximum Gasteiger partial charge on any atom is 0.410 e. The van der Waals surface area contributed by atoms with E-state index < -0.39 is 5.60 Å². The van der Waals surface area contributed by atoms with Gasteiger partial charge in [-0.1, -0.05) is 6.07 Å². The SMILES string of the molecule is Cc1nn(C)cc1-c1ccc(CCC2CC23CCN(C(=O)OC(C)(C)C)CC3)nc1. The number of amides is 1. The highest BCUT2D eigenvalue weighted by molar-refractivity contribution is 5.68. The van der Waals surface area contributed by atoms with E-state index in [2.05, 4.69) is 17.2 Å². The number of nitrogens with zero attached hydrogens (tertiary/aromatic N) is 4. The van der Waals surface area contributed by atoms with Crippen LogP contribution in [0.15, 0.2) is 24.5 Å². The average molecular weight is 411 g/mol. The van der Waals surface area contributed by atoms with E-state index in [0.29, 0.717) is 5.41 Å². The second kappa shape index (κ2) is 7.71. The third-order valence-corrected chi connectivity index (χ3v) is 6.67. The zero-order valence-corrected chi connectivity index (χ0v) is 18.9. The molecule has 6 heteroatoms. The van der Waals surface area contributed by atoms with Crippen molar-refractivity contribution in [3.8, 4) is 11.1 Å². The molecule has 1 aliphatic carbocycles. The number of aryl methyl sites for hydroxylation is 3. The quantitative estimate of drug-likeness (QED) is 0.729. The largest absolute Gasteiger partial charge is 0.444 e. The minimum Gasteiger partial charge on any atom is -0.444 e. The van der Waals surface area contributed by atoms with Gasteiger partial charge in [-0.05, 0) is 77.2 Å². The molecule has 2 aromatic heterocycles. The fraction of sp³-hybridized carbons (Fsp3) is 0.625. The van der Waals surface area contributed by atoms with Gasteiger partial charge < -0.3 is 9.64 Å². The molecule has 30 heavy (non-hydrogen) atoms. The molecule has 1 spiro atoms. The summed E-state index contributed by atoms with van der Waals surface area (Å²) in [6.45, 7) is 9.44. The summed E-state index contributed by atoms with van der Waals surface area (Å²) in [6.07, 6.45) is 9.56. The van der Waals surface area contributed by atoms with Crippen molar-refractivity contribution < 1.29 is 9.53 Å². The smallest absolute Gasteiger partial charge is 0.410 e. The van der Waals surface area contributed by atoms with Crippen LogP contribution in [0.1, 0.15) is 57.8 Å². The number of likely N-dealkylation sites (tertiary alicyclic amines) is 1. The lowest BCUT2D eigenvalue weighted by Gasteiger charge is -2.34. The van der Waals surface area contributed by atoms with E-state index >= 15 is 0 Å². The number of rotatable bonds is 4. The summed E-state index contributed by atoms with van der Waals surface area (Å²) in [7, 11) is 1.95. The highest BCUT2D eigenvalue weighted by Crippen LogP contribution is 2.61. The van der Waals surface area contributed by atoms with Crippen LogP contribution in [-0.2, 0) is 18.2 Å². The minimum atomic E-state index is -0.424. The van der Waals surface area contributed by atoms with E-state index in [0.717, 1.165) is 60.8 Å². The highest BCUT2D eigenvalue weighted by atomic mass is 16.6. The van der Waals surface area contributed by atoms with Crippen LogP contribution in [0, 0.1) is 18.3 Å². The monoisotopic (exact) mass is 410 g/mol. The molecule has 1 amide bonds. The van der Waals surface area contributed by atoms with Crippen LogP contribution in [0.3, 0.4) is 0 Å². The molecule has 4 rings (SSSR count). The van der Waals surface area contributed by atoms with Crippen LogP contribution in [0.4, 0.5) is 4.79 Å². The molecule has 1 atom stereocenters. The van der Waals surface area contributed by atoms with Gasteiger partial charge in [0.25, 0.3) is 0 Å². The average Bonchev–Trinajstić information content (AvgIpc) is 3.23. The molecule has 1 unspecified atom stereocenters. The zero-order chi connectivity index (χ0) is 21.5. The van der Waals surface area contributed by atoms with Crippen LogP contribution < -0.4 is 0 Å². The normalized spacial score (nSPS) is 20.4. The fourth-order valence-corrected chi connectivity index (χ4v) is 4.85. The highest BCUT2D eigenvalue weighted by Gasteiger charge is 2.54. The third-order valence-electron chi connectivity index (χ3n) is 6.67. The maximum absolute atomic E-state index is 12.3. The minimum absolute atomic E-state index is 0.164. The van der Waals surface area contributed by atoms with Crippen molar-refractivity contribution in [2.75, 3.05) is 13.1 Å². The van der Waals surface area contributed by atoms with Crippen molar-refractivity contribution in [3.05, 3.63) is 35.9 Å². The summed E-state index contributed by atoms with van der Waals surface area (Å²) >= 11 is 0. The Bertz CT molecular complexity index is 902. The van der Waals surface area contributed by atoms with Crippen LogP contribution >= 0.6 is 0 Å². The predicted molar refractivity (Wildman–Crippen MR) is 117 cm³/mol. The van der Waals surface area contributed by atoms with Crippen LogP contribution in [0.5, 0.6) is 0 Å². The van der Waals surface area contributed by atoms with E-state index in [-0.39, 0.29) is 6.09 Å². The van der Waals surface area contributed by atoms with Gasteiger partial charge in [-0.2, -0.15) is 5.10 Å². The summed E-state index contributed by atoms with van der Waals surface area (Å²) in [5.74, 6) is 0.764. The van der Waals surface area contributed by atoms with Gasteiger partial charge in [-0.25, -0.2) is 4.79 Å². The molecule has 2 fully saturated rings. The van der Waals surface area contributed by atoms with E-state index in [9.17, 15) is 4.79 Å². The molecule has 3 heterocycles. The molecule has 2 aliphatic rings. The Morgan fingerprint density at radius 2 is 2.00 bits per heavy atom. The van der Waals surface area contributed by atoms with E-state index in [4.69, 9.17) is 9.72 Å². The summed E-state index contributed by atoms with van der Waals surface area (Å²) in [6, 6.07) is 4.32. The molecule has 1 saturated heterocycles. The first-order valence-corrected chi connectivity index (χ1v) is 11.1. The number of ether oxygens (including phenoxy) is 1. The third kappa shape index (κ3) is 4.52. The Kier molecular flexibility index (Phi) is 5.37. The van der Waals surface area contributed by atoms with Gasteiger partial charge >= 0.3 is 6.09 Å². The molecule has 0 N–H and O–H groups in total. The summed E-state index contributed by atoms with van der Waals surface area (Å²) < 4.78 is 7.37. The zero-order valence-electron chi connectivity index (χ0n) is 18.9. The maximum atomic E-state index is 12.3. The van der Waals surface area contributed by atoms with E-state index in [1.165, 1.54) is 12.8 Å². The molecule has 0 aromatic carbocycles. The molecule has 1 saturated carbocycles. The Morgan fingerprint density at radius 1 is 1.27 bits per heavy atom. The fourth-order valence-electron chi connectivity index (χ4n) is 4.85. The lowest BCUT2D eigenvalue weighted by molar-refractivity contribution is 0.0165. The van der Waals surface area contributed by atoms with Crippen LogP contribution in [-0.4, -0.2) is 44.4 Å². The van der Waals surface area contributed by atoms with Gasteiger partial charge in [0.15, 0.2) is 0 Å². The van der Waals surface area contributed by atoms with Crippen molar-refractivity contribution >= 4 is 6.09 Å². The Balaban J connectivity index is 1.26. The molecule has 1 aliphatic heterocycles. The van der Waals surface area contributed by atoms with Gasteiger partial charge in [-0.3, -0.25) is 9.67 Å². The van der Waals surface area contributed by atoms with Crippen LogP contribution in [0.2, 0.25) is 0 Å². The first-order chi connectivity index (χ1) is 14.2.